The van der Waals surface area contributed by atoms with Crippen molar-refractivity contribution < 1.29 is 31.1 Å². The molecule has 2 unspecified atom stereocenters. The molecule has 2 aromatic carbocycles. The van der Waals surface area contributed by atoms with Crippen LogP contribution in [0, 0.1) is 17.8 Å². The van der Waals surface area contributed by atoms with Crippen LogP contribution in [0.2, 0.25) is 0 Å². The van der Waals surface area contributed by atoms with Gasteiger partial charge in [0.05, 0.1) is 29.8 Å². The lowest BCUT2D eigenvalue weighted by Crippen LogP contribution is -2.48. The van der Waals surface area contributed by atoms with E-state index in [1.165, 1.54) is 43.6 Å². The summed E-state index contributed by atoms with van der Waals surface area (Å²) >= 11 is 0. The third-order valence-corrected chi connectivity index (χ3v) is 8.22. The van der Waals surface area contributed by atoms with E-state index in [1.54, 1.807) is 6.07 Å². The van der Waals surface area contributed by atoms with Gasteiger partial charge in [-0.1, -0.05) is 18.8 Å². The highest BCUT2D eigenvalue weighted by atomic mass is 32.2. The molecular formula is C29H33F3N4O4S. The Morgan fingerprint density at radius 1 is 1.20 bits per heavy atom. The predicted molar refractivity (Wildman–Crippen MR) is 152 cm³/mol. The maximum atomic E-state index is 13.4. The summed E-state index contributed by atoms with van der Waals surface area (Å²) in [6.45, 7) is 2.62. The summed E-state index contributed by atoms with van der Waals surface area (Å²) in [4.78, 5) is 15.7. The molecule has 220 valence electrons. The summed E-state index contributed by atoms with van der Waals surface area (Å²) in [5.41, 5.74) is 1.31. The van der Waals surface area contributed by atoms with Crippen LogP contribution in [0.1, 0.15) is 29.3 Å². The normalized spacial score (nSPS) is 18.0. The van der Waals surface area contributed by atoms with Gasteiger partial charge in [0, 0.05) is 41.6 Å². The number of fused-ring (bicyclic) bond motifs is 1. The number of nitrogens with one attached hydrogen (secondary N) is 2. The topological polar surface area (TPSA) is 92.7 Å². The Bertz CT molecular complexity index is 1610. The number of aromatic nitrogens is 1. The third-order valence-electron chi connectivity index (χ3n) is 7.11. The lowest BCUT2D eigenvalue weighted by atomic mass is 9.93. The Kier molecular flexibility index (Phi) is 8.89. The Morgan fingerprint density at radius 2 is 1.95 bits per heavy atom. The van der Waals surface area contributed by atoms with Gasteiger partial charge in [-0.05, 0) is 62.3 Å². The highest BCUT2D eigenvalue weighted by Crippen LogP contribution is 2.28. The van der Waals surface area contributed by atoms with E-state index < -0.39 is 22.6 Å². The first kappa shape index (κ1) is 30.3. The van der Waals surface area contributed by atoms with Gasteiger partial charge in [-0.25, -0.2) is 8.42 Å². The number of alkyl halides is 3. The molecule has 4 rings (SSSR count). The lowest BCUT2D eigenvalue weighted by Gasteiger charge is -2.35. The van der Waals surface area contributed by atoms with Gasteiger partial charge in [-0.15, -0.1) is 0 Å². The Labute approximate surface area is 237 Å². The van der Waals surface area contributed by atoms with Crippen LogP contribution in [0.4, 0.5) is 18.9 Å². The summed E-state index contributed by atoms with van der Waals surface area (Å²) < 4.78 is 70.1. The van der Waals surface area contributed by atoms with Gasteiger partial charge < -0.3 is 24.8 Å². The van der Waals surface area contributed by atoms with Crippen molar-refractivity contribution in [3.8, 4) is 17.6 Å². The molecule has 0 aliphatic carbocycles. The molecule has 1 aliphatic heterocycles. The van der Waals surface area contributed by atoms with Crippen LogP contribution < -0.4 is 15.4 Å². The number of hydrogen-bond acceptors (Lipinski definition) is 6. The van der Waals surface area contributed by atoms with Crippen molar-refractivity contribution in [1.82, 2.24) is 14.8 Å². The molecule has 0 bridgehead atoms. The van der Waals surface area contributed by atoms with Gasteiger partial charge in [-0.2, -0.15) is 13.2 Å². The van der Waals surface area contributed by atoms with Crippen molar-refractivity contribution in [3.05, 3.63) is 53.7 Å². The smallest absolute Gasteiger partial charge is 0.406 e. The zero-order valence-corrected chi connectivity index (χ0v) is 24.1. The fourth-order valence-corrected chi connectivity index (χ4v) is 5.69. The molecule has 1 amide bonds. The number of carbonyl (C=O) groups excluding carboxylic acids is 1. The van der Waals surface area contributed by atoms with Gasteiger partial charge in [0.15, 0.2) is 9.84 Å². The van der Waals surface area contributed by atoms with E-state index in [0.717, 1.165) is 30.3 Å². The minimum Gasteiger partial charge on any atom is -0.495 e. The highest BCUT2D eigenvalue weighted by molar-refractivity contribution is 7.90. The zero-order chi connectivity index (χ0) is 29.9. The number of sulfone groups is 1. The van der Waals surface area contributed by atoms with Gasteiger partial charge in [0.2, 0.25) is 0 Å². The molecule has 12 heteroatoms. The second kappa shape index (κ2) is 12.0. The number of carbonyl (C=O) groups is 1. The first-order chi connectivity index (χ1) is 19.2. The number of likely N-dealkylation sites (tertiary alicyclic amines) is 1. The largest absolute Gasteiger partial charge is 0.495 e. The summed E-state index contributed by atoms with van der Waals surface area (Å²) in [6.07, 6.45) is -1.24. The summed E-state index contributed by atoms with van der Waals surface area (Å²) in [7, 11) is 0.0390. The van der Waals surface area contributed by atoms with E-state index in [1.807, 2.05) is 7.05 Å². The number of rotatable bonds is 7. The molecule has 2 N–H and O–H groups in total. The lowest BCUT2D eigenvalue weighted by molar-refractivity contribution is -0.139. The van der Waals surface area contributed by atoms with E-state index in [9.17, 15) is 26.4 Å². The SMILES string of the molecule is COc1ccc(S(C)(=O)=O)cc1NCC#Cc1cc(C(=O)NC2CCN(C)CC2C)c2ccn(CC(F)(F)F)c2c1. The minimum absolute atomic E-state index is 0.0531. The number of hydrogen-bond donors (Lipinski definition) is 2. The average molecular weight is 591 g/mol. The zero-order valence-electron chi connectivity index (χ0n) is 23.3. The van der Waals surface area contributed by atoms with Crippen molar-refractivity contribution in [1.29, 1.82) is 0 Å². The molecule has 1 saturated heterocycles. The van der Waals surface area contributed by atoms with Crippen molar-refractivity contribution in [2.24, 2.45) is 5.92 Å². The Morgan fingerprint density at radius 3 is 2.61 bits per heavy atom. The number of benzene rings is 2. The third kappa shape index (κ3) is 7.54. The highest BCUT2D eigenvalue weighted by Gasteiger charge is 2.30. The van der Waals surface area contributed by atoms with Crippen LogP contribution in [0.3, 0.4) is 0 Å². The number of anilines is 1. The second-order valence-corrected chi connectivity index (χ2v) is 12.4. The maximum Gasteiger partial charge on any atom is 0.406 e. The molecule has 1 fully saturated rings. The van der Waals surface area contributed by atoms with Gasteiger partial charge in [0.25, 0.3) is 5.91 Å². The quantitative estimate of drug-likeness (QED) is 0.402. The van der Waals surface area contributed by atoms with Gasteiger partial charge in [0.1, 0.15) is 12.3 Å². The molecule has 2 atom stereocenters. The molecule has 0 spiro atoms. The molecule has 0 saturated carbocycles. The summed E-state index contributed by atoms with van der Waals surface area (Å²) in [6, 6.07) is 9.01. The molecule has 1 aromatic heterocycles. The van der Waals surface area contributed by atoms with E-state index in [0.29, 0.717) is 22.4 Å². The van der Waals surface area contributed by atoms with E-state index in [-0.39, 0.29) is 40.4 Å². The number of piperidine rings is 1. The van der Waals surface area contributed by atoms with Crippen LogP contribution in [-0.4, -0.2) is 76.1 Å². The maximum absolute atomic E-state index is 13.4. The molecule has 0 radical (unpaired) electrons. The molecular weight excluding hydrogens is 557 g/mol. The standard InChI is InChI=1S/C29H33F3N4O4S/c1-19-17-35(2)12-10-24(19)34-28(37)23-14-20(15-26-22(23)9-13-36(26)18-29(30,31)32)6-5-11-33-25-16-21(41(4,38)39)7-8-27(25)40-3/h7-9,13-16,19,24,33H,10-12,17-18H2,1-4H3,(H,34,37). The monoisotopic (exact) mass is 590 g/mol. The van der Waals surface area contributed by atoms with Crippen LogP contribution >= 0.6 is 0 Å². The number of nitrogens with zero attached hydrogens (tertiary/aromatic N) is 2. The first-order valence-electron chi connectivity index (χ1n) is 13.0. The minimum atomic E-state index is -4.44. The van der Waals surface area contributed by atoms with Gasteiger partial charge in [-0.3, -0.25) is 4.79 Å². The van der Waals surface area contributed by atoms with Crippen LogP contribution in [-0.2, 0) is 16.4 Å². The number of methoxy groups -OCH3 is 1. The van der Waals surface area contributed by atoms with Crippen molar-refractivity contribution in [3.63, 3.8) is 0 Å². The van der Waals surface area contributed by atoms with E-state index in [4.69, 9.17) is 4.74 Å². The van der Waals surface area contributed by atoms with E-state index in [2.05, 4.69) is 34.3 Å². The number of halogens is 3. The second-order valence-electron chi connectivity index (χ2n) is 10.4. The van der Waals surface area contributed by atoms with Crippen molar-refractivity contribution in [2.75, 3.05) is 45.4 Å². The summed E-state index contributed by atoms with van der Waals surface area (Å²) in [5, 5.41) is 6.52. The van der Waals surface area contributed by atoms with Crippen molar-refractivity contribution in [2.45, 2.75) is 37.0 Å². The molecule has 41 heavy (non-hydrogen) atoms. The predicted octanol–water partition coefficient (Wildman–Crippen LogP) is 4.15. The van der Waals surface area contributed by atoms with Crippen LogP contribution in [0.15, 0.2) is 47.5 Å². The Hall–Kier alpha value is -3.69. The van der Waals surface area contributed by atoms with Crippen LogP contribution in [0.25, 0.3) is 10.9 Å². The molecule has 2 heterocycles. The molecule has 8 nitrogen and oxygen atoms in total. The molecule has 3 aromatic rings. The summed E-state index contributed by atoms with van der Waals surface area (Å²) in [5.74, 6) is 6.12. The number of ether oxygens (including phenoxy) is 1. The average Bonchev–Trinajstić information content (AvgIpc) is 3.28. The van der Waals surface area contributed by atoms with Crippen molar-refractivity contribution >= 4 is 32.3 Å². The van der Waals surface area contributed by atoms with E-state index >= 15 is 0 Å². The Balaban J connectivity index is 1.63. The fraction of sp³-hybridized carbons (Fsp3) is 0.414. The first-order valence-corrected chi connectivity index (χ1v) is 14.9. The van der Waals surface area contributed by atoms with Crippen LogP contribution in [0.5, 0.6) is 5.75 Å². The molecule has 1 aliphatic rings. The fourth-order valence-electron chi connectivity index (χ4n) is 5.04. The van der Waals surface area contributed by atoms with Gasteiger partial charge >= 0.3 is 6.18 Å². The number of amides is 1.